The van der Waals surface area contributed by atoms with E-state index in [-0.39, 0.29) is 0 Å². The van der Waals surface area contributed by atoms with E-state index < -0.39 is 0 Å². The molecular weight excluding hydrogens is 264 g/mol. The Hall–Kier alpha value is -2.07. The van der Waals surface area contributed by atoms with Gasteiger partial charge in [0.15, 0.2) is 0 Å². The third-order valence-corrected chi connectivity index (χ3v) is 2.97. The molecule has 0 atom stereocenters. The molecule has 4 heteroatoms. The van der Waals surface area contributed by atoms with Crippen molar-refractivity contribution in [2.45, 2.75) is 26.8 Å². The Morgan fingerprint density at radius 2 is 1.81 bits per heavy atom. The van der Waals surface area contributed by atoms with Crippen molar-refractivity contribution in [3.8, 4) is 17.2 Å². The predicted molar refractivity (Wildman–Crippen MR) is 83.9 cm³/mol. The van der Waals surface area contributed by atoms with E-state index in [4.69, 9.17) is 9.47 Å². The van der Waals surface area contributed by atoms with Crippen molar-refractivity contribution in [2.24, 2.45) is 0 Å². The van der Waals surface area contributed by atoms with Crippen LogP contribution in [0.1, 0.15) is 25.8 Å². The van der Waals surface area contributed by atoms with E-state index in [1.54, 1.807) is 12.4 Å². The summed E-state index contributed by atoms with van der Waals surface area (Å²) < 4.78 is 11.3. The van der Waals surface area contributed by atoms with E-state index in [1.165, 1.54) is 0 Å². The molecule has 0 aliphatic heterocycles. The Morgan fingerprint density at radius 3 is 2.52 bits per heavy atom. The van der Waals surface area contributed by atoms with Crippen molar-refractivity contribution in [1.82, 2.24) is 10.3 Å². The van der Waals surface area contributed by atoms with Gasteiger partial charge in [0.2, 0.25) is 0 Å². The predicted octanol–water partition coefficient (Wildman–Crippen LogP) is 3.77. The van der Waals surface area contributed by atoms with E-state index in [0.717, 1.165) is 42.3 Å². The minimum atomic E-state index is 0.663. The van der Waals surface area contributed by atoms with Crippen molar-refractivity contribution in [3.63, 3.8) is 0 Å². The van der Waals surface area contributed by atoms with Crippen LogP contribution in [-0.2, 0) is 6.54 Å². The fourth-order valence-corrected chi connectivity index (χ4v) is 1.94. The number of hydrogen-bond donors (Lipinski definition) is 1. The van der Waals surface area contributed by atoms with Gasteiger partial charge in [0, 0.05) is 18.3 Å². The summed E-state index contributed by atoms with van der Waals surface area (Å²) in [5.74, 6) is 2.41. The number of benzene rings is 1. The van der Waals surface area contributed by atoms with Crippen LogP contribution in [0.5, 0.6) is 17.2 Å². The lowest BCUT2D eigenvalue weighted by Gasteiger charge is -2.11. The lowest BCUT2D eigenvalue weighted by molar-refractivity contribution is 0.339. The first-order valence-electron chi connectivity index (χ1n) is 7.37. The van der Waals surface area contributed by atoms with Gasteiger partial charge in [-0.15, -0.1) is 0 Å². The van der Waals surface area contributed by atoms with Gasteiger partial charge in [0.1, 0.15) is 17.2 Å². The molecule has 0 fully saturated rings. The van der Waals surface area contributed by atoms with Crippen LogP contribution in [0.4, 0.5) is 0 Å². The van der Waals surface area contributed by atoms with Gasteiger partial charge in [0.25, 0.3) is 0 Å². The van der Waals surface area contributed by atoms with E-state index in [2.05, 4.69) is 17.2 Å². The molecule has 0 radical (unpaired) electrons. The maximum atomic E-state index is 5.92. The van der Waals surface area contributed by atoms with Gasteiger partial charge in [-0.25, -0.2) is 0 Å². The Balaban J connectivity index is 2.04. The third kappa shape index (κ3) is 4.76. The monoisotopic (exact) mass is 286 g/mol. The topological polar surface area (TPSA) is 43.4 Å². The zero-order valence-electron chi connectivity index (χ0n) is 12.6. The van der Waals surface area contributed by atoms with Crippen LogP contribution < -0.4 is 14.8 Å². The molecule has 21 heavy (non-hydrogen) atoms. The zero-order chi connectivity index (χ0) is 14.9. The summed E-state index contributed by atoms with van der Waals surface area (Å²) in [6, 6.07) is 9.60. The number of nitrogens with one attached hydrogen (secondary N) is 1. The molecule has 0 amide bonds. The van der Waals surface area contributed by atoms with Crippen LogP contribution in [0.3, 0.4) is 0 Å². The molecule has 0 aliphatic rings. The average molecular weight is 286 g/mol. The molecular formula is C17H22N2O2. The molecule has 4 nitrogen and oxygen atoms in total. The lowest BCUT2D eigenvalue weighted by atomic mass is 10.2. The highest BCUT2D eigenvalue weighted by Gasteiger charge is 2.05. The van der Waals surface area contributed by atoms with Crippen LogP contribution in [-0.4, -0.2) is 18.1 Å². The fraction of sp³-hybridized carbons (Fsp3) is 0.353. The quantitative estimate of drug-likeness (QED) is 0.750. The number of nitrogens with zero attached hydrogens (tertiary/aromatic N) is 1. The summed E-state index contributed by atoms with van der Waals surface area (Å²) >= 11 is 0. The van der Waals surface area contributed by atoms with Gasteiger partial charge < -0.3 is 14.8 Å². The number of rotatable bonds is 8. The van der Waals surface area contributed by atoms with Crippen LogP contribution in [0.2, 0.25) is 0 Å². The van der Waals surface area contributed by atoms with Gasteiger partial charge in [-0.05, 0) is 50.2 Å². The summed E-state index contributed by atoms with van der Waals surface area (Å²) in [6.45, 7) is 6.55. The highest BCUT2D eigenvalue weighted by Crippen LogP contribution is 2.26. The van der Waals surface area contributed by atoms with Gasteiger partial charge in [-0.3, -0.25) is 4.98 Å². The minimum Gasteiger partial charge on any atom is -0.494 e. The highest BCUT2D eigenvalue weighted by atomic mass is 16.5. The maximum Gasteiger partial charge on any atom is 0.150 e. The minimum absolute atomic E-state index is 0.663. The second-order valence-corrected chi connectivity index (χ2v) is 4.67. The summed E-state index contributed by atoms with van der Waals surface area (Å²) in [4.78, 5) is 4.14. The molecule has 0 unspecified atom stereocenters. The molecule has 0 saturated carbocycles. The number of pyridine rings is 1. The normalized spacial score (nSPS) is 10.4. The van der Waals surface area contributed by atoms with Crippen LogP contribution in [0, 0.1) is 0 Å². The fourth-order valence-electron chi connectivity index (χ4n) is 1.94. The van der Waals surface area contributed by atoms with Crippen LogP contribution >= 0.6 is 0 Å². The lowest BCUT2D eigenvalue weighted by Crippen LogP contribution is -2.14. The summed E-state index contributed by atoms with van der Waals surface area (Å²) in [7, 11) is 0. The van der Waals surface area contributed by atoms with E-state index >= 15 is 0 Å². The number of hydrogen-bond acceptors (Lipinski definition) is 4. The van der Waals surface area contributed by atoms with Gasteiger partial charge in [-0.2, -0.15) is 0 Å². The first-order chi connectivity index (χ1) is 10.3. The molecule has 1 heterocycles. The van der Waals surface area contributed by atoms with Crippen molar-refractivity contribution < 1.29 is 9.47 Å². The summed E-state index contributed by atoms with van der Waals surface area (Å²) in [6.07, 6.45) is 4.65. The molecule has 0 spiro atoms. The van der Waals surface area contributed by atoms with E-state index in [1.807, 2.05) is 37.3 Å². The second kappa shape index (κ2) is 8.27. The first-order valence-corrected chi connectivity index (χ1v) is 7.37. The maximum absolute atomic E-state index is 5.92. The molecule has 2 rings (SSSR count). The summed E-state index contributed by atoms with van der Waals surface area (Å²) in [5, 5.41) is 3.38. The summed E-state index contributed by atoms with van der Waals surface area (Å²) in [5.41, 5.74) is 1.10. The van der Waals surface area contributed by atoms with Crippen molar-refractivity contribution in [2.75, 3.05) is 13.2 Å². The molecule has 112 valence electrons. The van der Waals surface area contributed by atoms with Crippen LogP contribution in [0.15, 0.2) is 42.7 Å². The van der Waals surface area contributed by atoms with Crippen molar-refractivity contribution in [1.29, 1.82) is 0 Å². The SMILES string of the molecule is CCCNCc1ccncc1Oc1ccc(OCC)cc1. The standard InChI is InChI=1S/C17H22N2O2/c1-3-10-18-12-14-9-11-19-13-17(14)21-16-7-5-15(6-8-16)20-4-2/h5-9,11,13,18H,3-4,10,12H2,1-2H3. The zero-order valence-corrected chi connectivity index (χ0v) is 12.6. The van der Waals surface area contributed by atoms with Gasteiger partial charge >= 0.3 is 0 Å². The molecule has 1 N–H and O–H groups in total. The van der Waals surface area contributed by atoms with E-state index in [9.17, 15) is 0 Å². The Kier molecular flexibility index (Phi) is 6.03. The van der Waals surface area contributed by atoms with Crippen LogP contribution in [0.25, 0.3) is 0 Å². The molecule has 1 aromatic heterocycles. The molecule has 2 aromatic rings. The molecule has 0 aliphatic carbocycles. The molecule has 1 aromatic carbocycles. The molecule has 0 saturated heterocycles. The first kappa shape index (κ1) is 15.3. The Labute approximate surface area is 126 Å². The second-order valence-electron chi connectivity index (χ2n) is 4.67. The Morgan fingerprint density at radius 1 is 1.05 bits per heavy atom. The van der Waals surface area contributed by atoms with Gasteiger partial charge in [-0.1, -0.05) is 6.92 Å². The number of ether oxygens (including phenoxy) is 2. The Bertz CT molecular complexity index is 541. The third-order valence-electron chi connectivity index (χ3n) is 2.97. The molecule has 0 bridgehead atoms. The van der Waals surface area contributed by atoms with Crippen molar-refractivity contribution >= 4 is 0 Å². The van der Waals surface area contributed by atoms with Crippen molar-refractivity contribution in [3.05, 3.63) is 48.3 Å². The smallest absolute Gasteiger partial charge is 0.150 e. The highest BCUT2D eigenvalue weighted by molar-refractivity contribution is 5.37. The number of aromatic nitrogens is 1. The van der Waals surface area contributed by atoms with E-state index in [0.29, 0.717) is 6.61 Å². The largest absolute Gasteiger partial charge is 0.494 e. The average Bonchev–Trinajstić information content (AvgIpc) is 2.51. The van der Waals surface area contributed by atoms with Gasteiger partial charge in [0.05, 0.1) is 12.8 Å².